The maximum atomic E-state index is 12.6. The molecule has 0 saturated carbocycles. The Kier molecular flexibility index (Phi) is 5.41. The van der Waals surface area contributed by atoms with Crippen LogP contribution in [0.25, 0.3) is 0 Å². The van der Waals surface area contributed by atoms with E-state index >= 15 is 0 Å². The Morgan fingerprint density at radius 1 is 1.15 bits per heavy atom. The Balaban J connectivity index is 1.92. The molecular formula is C18H14N4O4S. The predicted octanol–water partition coefficient (Wildman–Crippen LogP) is 3.09. The van der Waals surface area contributed by atoms with Crippen LogP contribution < -0.4 is 0 Å². The third kappa shape index (κ3) is 3.93. The van der Waals surface area contributed by atoms with Crippen molar-refractivity contribution in [2.75, 3.05) is 5.75 Å². The molecule has 0 bridgehead atoms. The van der Waals surface area contributed by atoms with Gasteiger partial charge >= 0.3 is 0 Å². The van der Waals surface area contributed by atoms with Gasteiger partial charge in [-0.25, -0.2) is 4.90 Å². The summed E-state index contributed by atoms with van der Waals surface area (Å²) >= 11 is 1.09. The molecule has 1 saturated heterocycles. The predicted molar refractivity (Wildman–Crippen MR) is 103 cm³/mol. The molecule has 2 aromatic carbocycles. The Morgan fingerprint density at radius 2 is 1.81 bits per heavy atom. The van der Waals surface area contributed by atoms with E-state index < -0.39 is 10.8 Å². The van der Waals surface area contributed by atoms with Crippen LogP contribution in [0.4, 0.5) is 5.69 Å². The average molecular weight is 382 g/mol. The molecule has 1 aliphatic rings. The van der Waals surface area contributed by atoms with Crippen molar-refractivity contribution in [3.05, 3.63) is 75.8 Å². The van der Waals surface area contributed by atoms with E-state index in [1.807, 2.05) is 0 Å². The smallest absolute Gasteiger partial charge is 0.273 e. The second-order valence-electron chi connectivity index (χ2n) is 5.53. The molecule has 9 heteroatoms. The van der Waals surface area contributed by atoms with E-state index in [0.29, 0.717) is 16.8 Å². The Labute approximate surface area is 158 Å². The molecule has 0 radical (unpaired) electrons. The molecule has 0 aliphatic carbocycles. The zero-order valence-electron chi connectivity index (χ0n) is 14.2. The number of amides is 2. The number of nitrogens with zero attached hydrogens (tertiary/aromatic N) is 4. The van der Waals surface area contributed by atoms with Gasteiger partial charge in [0.1, 0.15) is 0 Å². The number of rotatable bonds is 4. The lowest BCUT2D eigenvalue weighted by Crippen LogP contribution is -2.35. The van der Waals surface area contributed by atoms with Gasteiger partial charge in [0.05, 0.1) is 22.0 Å². The van der Waals surface area contributed by atoms with E-state index in [-0.39, 0.29) is 22.5 Å². The molecule has 1 fully saturated rings. The van der Waals surface area contributed by atoms with E-state index in [1.165, 1.54) is 6.07 Å². The molecule has 0 N–H and O–H groups in total. The first-order valence-electron chi connectivity index (χ1n) is 7.90. The summed E-state index contributed by atoms with van der Waals surface area (Å²) < 4.78 is 0. The summed E-state index contributed by atoms with van der Waals surface area (Å²) in [6.45, 7) is 1.58. The zero-order valence-corrected chi connectivity index (χ0v) is 15.0. The molecule has 0 spiro atoms. The van der Waals surface area contributed by atoms with Gasteiger partial charge in [-0.05, 0) is 25.1 Å². The second kappa shape index (κ2) is 7.92. The summed E-state index contributed by atoms with van der Waals surface area (Å²) in [7, 11) is 0. The van der Waals surface area contributed by atoms with Gasteiger partial charge < -0.3 is 0 Å². The Morgan fingerprint density at radius 3 is 2.52 bits per heavy atom. The Hall–Kier alpha value is -3.33. The van der Waals surface area contributed by atoms with Crippen molar-refractivity contribution < 1.29 is 14.5 Å². The normalized spacial score (nSPS) is 16.0. The van der Waals surface area contributed by atoms with Crippen molar-refractivity contribution >= 4 is 40.1 Å². The summed E-state index contributed by atoms with van der Waals surface area (Å²) in [6.07, 6.45) is 0. The molecule has 2 amide bonds. The fraction of sp³-hybridized carbons (Fsp3) is 0.111. The molecule has 3 rings (SSSR count). The minimum absolute atomic E-state index is 0.0808. The highest BCUT2D eigenvalue weighted by Crippen LogP contribution is 2.23. The molecule has 2 aromatic rings. The van der Waals surface area contributed by atoms with Gasteiger partial charge in [-0.1, -0.05) is 42.1 Å². The lowest BCUT2D eigenvalue weighted by atomic mass is 10.1. The summed E-state index contributed by atoms with van der Waals surface area (Å²) in [5, 5.41) is 19.3. The van der Waals surface area contributed by atoms with E-state index in [2.05, 4.69) is 10.2 Å². The van der Waals surface area contributed by atoms with Gasteiger partial charge in [0.25, 0.3) is 11.6 Å². The van der Waals surface area contributed by atoms with Gasteiger partial charge in [-0.2, -0.15) is 5.10 Å². The third-order valence-electron chi connectivity index (χ3n) is 3.77. The molecule has 0 atom stereocenters. The third-order valence-corrected chi connectivity index (χ3v) is 4.68. The summed E-state index contributed by atoms with van der Waals surface area (Å²) in [6, 6.07) is 14.6. The number of thioether (sulfide) groups is 1. The number of hydrogen-bond donors (Lipinski definition) is 0. The molecule has 1 aliphatic heterocycles. The van der Waals surface area contributed by atoms with Crippen LogP contribution in [0.1, 0.15) is 22.8 Å². The number of nitro benzene ring substituents is 1. The highest BCUT2D eigenvalue weighted by molar-refractivity contribution is 8.15. The van der Waals surface area contributed by atoms with Gasteiger partial charge in [0.15, 0.2) is 5.17 Å². The maximum absolute atomic E-state index is 12.6. The van der Waals surface area contributed by atoms with Crippen LogP contribution in [0, 0.1) is 10.1 Å². The van der Waals surface area contributed by atoms with Crippen LogP contribution in [0.2, 0.25) is 0 Å². The molecule has 0 unspecified atom stereocenters. The van der Waals surface area contributed by atoms with Crippen LogP contribution >= 0.6 is 11.8 Å². The summed E-state index contributed by atoms with van der Waals surface area (Å²) in [5.74, 6) is -0.786. The van der Waals surface area contributed by atoms with Crippen molar-refractivity contribution in [2.45, 2.75) is 6.92 Å². The quantitative estimate of drug-likeness (QED) is 0.350. The fourth-order valence-electron chi connectivity index (χ4n) is 2.46. The number of hydrogen-bond acceptors (Lipinski definition) is 7. The van der Waals surface area contributed by atoms with E-state index in [1.54, 1.807) is 55.5 Å². The lowest BCUT2D eigenvalue weighted by molar-refractivity contribution is -0.385. The van der Waals surface area contributed by atoms with Gasteiger partial charge in [-0.3, -0.25) is 19.7 Å². The van der Waals surface area contributed by atoms with Crippen molar-refractivity contribution in [3.8, 4) is 0 Å². The highest BCUT2D eigenvalue weighted by atomic mass is 32.2. The molecule has 136 valence electrons. The number of carbonyl (C=O) groups is 2. The van der Waals surface area contributed by atoms with E-state index in [0.717, 1.165) is 16.7 Å². The Bertz CT molecular complexity index is 972. The highest BCUT2D eigenvalue weighted by Gasteiger charge is 2.34. The number of benzene rings is 2. The summed E-state index contributed by atoms with van der Waals surface area (Å²) in [5.41, 5.74) is 0.899. The first-order chi connectivity index (χ1) is 13.0. The average Bonchev–Trinajstić information content (AvgIpc) is 3.06. The zero-order chi connectivity index (χ0) is 19.4. The van der Waals surface area contributed by atoms with Gasteiger partial charge in [0.2, 0.25) is 5.91 Å². The number of nitro groups is 1. The van der Waals surface area contributed by atoms with Crippen molar-refractivity contribution in [1.29, 1.82) is 0 Å². The first-order valence-corrected chi connectivity index (χ1v) is 8.89. The van der Waals surface area contributed by atoms with Gasteiger partial charge in [0, 0.05) is 11.6 Å². The van der Waals surface area contributed by atoms with Crippen molar-refractivity contribution in [3.63, 3.8) is 0 Å². The molecule has 8 nitrogen and oxygen atoms in total. The van der Waals surface area contributed by atoms with Crippen molar-refractivity contribution in [2.24, 2.45) is 10.2 Å². The first kappa shape index (κ1) is 18.5. The second-order valence-corrected chi connectivity index (χ2v) is 6.47. The van der Waals surface area contributed by atoms with Crippen LogP contribution in [0.5, 0.6) is 0 Å². The van der Waals surface area contributed by atoms with Crippen molar-refractivity contribution in [1.82, 2.24) is 4.90 Å². The maximum Gasteiger partial charge on any atom is 0.278 e. The number of imide groups is 1. The van der Waals surface area contributed by atoms with Crippen LogP contribution in [0.3, 0.4) is 0 Å². The molecule has 0 aromatic heterocycles. The SMILES string of the molecule is C/C(=N/N=C1/SCC(=O)N1C(=O)c1ccccc1)c1ccccc1[N+](=O)[O-]. The minimum atomic E-state index is -0.499. The van der Waals surface area contributed by atoms with Crippen LogP contribution in [0.15, 0.2) is 64.8 Å². The topological polar surface area (TPSA) is 105 Å². The standard InChI is InChI=1S/C18H14N4O4S/c1-12(14-9-5-6-10-15(14)22(25)26)19-20-18-21(16(23)11-27-18)17(24)13-7-3-2-4-8-13/h2-10H,11H2,1H3/b19-12-,20-18+. The lowest BCUT2D eigenvalue weighted by Gasteiger charge is -2.13. The number of carbonyl (C=O) groups excluding carboxylic acids is 2. The molecular weight excluding hydrogens is 368 g/mol. The molecule has 27 heavy (non-hydrogen) atoms. The van der Waals surface area contributed by atoms with E-state index in [9.17, 15) is 19.7 Å². The summed E-state index contributed by atoms with van der Waals surface area (Å²) in [4.78, 5) is 36.3. The van der Waals surface area contributed by atoms with Crippen LogP contribution in [-0.4, -0.2) is 38.3 Å². The molecule has 1 heterocycles. The largest absolute Gasteiger partial charge is 0.278 e. The van der Waals surface area contributed by atoms with Crippen LogP contribution in [-0.2, 0) is 4.79 Å². The fourth-order valence-corrected chi connectivity index (χ4v) is 3.25. The minimum Gasteiger partial charge on any atom is -0.273 e. The van der Waals surface area contributed by atoms with E-state index in [4.69, 9.17) is 0 Å². The van der Waals surface area contributed by atoms with Gasteiger partial charge in [-0.15, -0.1) is 5.10 Å². The monoisotopic (exact) mass is 382 g/mol. The number of amidine groups is 1. The number of para-hydroxylation sites is 1.